The molecule has 1 rings (SSSR count). The molecule has 0 radical (unpaired) electrons. The van der Waals surface area contributed by atoms with Crippen molar-refractivity contribution in [2.75, 3.05) is 13.2 Å². The van der Waals surface area contributed by atoms with Crippen LogP contribution in [0.1, 0.15) is 19.4 Å². The summed E-state index contributed by atoms with van der Waals surface area (Å²) in [5.41, 5.74) is 1.08. The molecule has 1 aromatic rings. The molecule has 0 aromatic carbocycles. The molecule has 0 aliphatic rings. The van der Waals surface area contributed by atoms with Crippen LogP contribution in [0.25, 0.3) is 5.57 Å². The summed E-state index contributed by atoms with van der Waals surface area (Å²) in [5, 5.41) is 22.4. The first kappa shape index (κ1) is 10.9. The molecule has 0 spiro atoms. The number of hydrogen-bond donors (Lipinski definition) is 2. The Morgan fingerprint density at radius 1 is 1.57 bits per heavy atom. The second kappa shape index (κ2) is 3.94. The van der Waals surface area contributed by atoms with Crippen LogP contribution in [0.15, 0.2) is 19.0 Å². The van der Waals surface area contributed by atoms with E-state index in [0.717, 1.165) is 11.1 Å². The van der Waals surface area contributed by atoms with Crippen LogP contribution in [0.4, 0.5) is 0 Å². The third-order valence-electron chi connectivity index (χ3n) is 2.31. The minimum Gasteiger partial charge on any atom is -0.394 e. The van der Waals surface area contributed by atoms with Crippen molar-refractivity contribution in [2.24, 2.45) is 0 Å². The number of rotatable bonds is 4. The summed E-state index contributed by atoms with van der Waals surface area (Å²) in [6, 6.07) is 0. The van der Waals surface area contributed by atoms with Gasteiger partial charge in [-0.05, 0) is 19.4 Å². The zero-order valence-electron chi connectivity index (χ0n) is 8.56. The standard InChI is InChI=1S/C10H16N2O2/c1-8(2)9-4-11-12(5-9)10(3,6-13)7-14/h4-5,13-14H,1,6-7H2,2-3H3. The fourth-order valence-corrected chi connectivity index (χ4v) is 1.03. The number of aromatic nitrogens is 2. The first-order valence-corrected chi connectivity index (χ1v) is 4.46. The smallest absolute Gasteiger partial charge is 0.106 e. The van der Waals surface area contributed by atoms with Crippen molar-refractivity contribution < 1.29 is 10.2 Å². The molecule has 78 valence electrons. The van der Waals surface area contributed by atoms with Gasteiger partial charge in [-0.1, -0.05) is 6.58 Å². The van der Waals surface area contributed by atoms with Gasteiger partial charge in [0.05, 0.1) is 19.4 Å². The Morgan fingerprint density at radius 3 is 2.50 bits per heavy atom. The van der Waals surface area contributed by atoms with Crippen molar-refractivity contribution in [2.45, 2.75) is 19.4 Å². The highest BCUT2D eigenvalue weighted by Gasteiger charge is 2.25. The fourth-order valence-electron chi connectivity index (χ4n) is 1.03. The minimum absolute atomic E-state index is 0.152. The molecule has 0 unspecified atom stereocenters. The fraction of sp³-hybridized carbons (Fsp3) is 0.500. The maximum atomic E-state index is 9.14. The molecule has 2 N–H and O–H groups in total. The Bertz CT molecular complexity index is 327. The van der Waals surface area contributed by atoms with Gasteiger partial charge < -0.3 is 10.2 Å². The average Bonchev–Trinajstić information content (AvgIpc) is 2.66. The van der Waals surface area contributed by atoms with Crippen LogP contribution in [-0.4, -0.2) is 33.2 Å². The van der Waals surface area contributed by atoms with Crippen molar-refractivity contribution in [3.05, 3.63) is 24.5 Å². The molecule has 1 aromatic heterocycles. The van der Waals surface area contributed by atoms with Crippen LogP contribution in [0, 0.1) is 0 Å². The molecule has 14 heavy (non-hydrogen) atoms. The van der Waals surface area contributed by atoms with E-state index in [0.29, 0.717) is 0 Å². The molecular formula is C10H16N2O2. The summed E-state index contributed by atoms with van der Waals surface area (Å²) in [7, 11) is 0. The topological polar surface area (TPSA) is 58.3 Å². The molecule has 4 nitrogen and oxygen atoms in total. The van der Waals surface area contributed by atoms with Gasteiger partial charge in [0.15, 0.2) is 0 Å². The zero-order chi connectivity index (χ0) is 10.8. The van der Waals surface area contributed by atoms with Crippen molar-refractivity contribution in [3.8, 4) is 0 Å². The van der Waals surface area contributed by atoms with Gasteiger partial charge in [-0.15, -0.1) is 0 Å². The average molecular weight is 196 g/mol. The Labute approximate surface area is 83.5 Å². The van der Waals surface area contributed by atoms with E-state index < -0.39 is 5.54 Å². The van der Waals surface area contributed by atoms with E-state index in [1.807, 2.05) is 6.92 Å². The Balaban J connectivity index is 3.01. The SMILES string of the molecule is C=C(C)c1cnn(C(C)(CO)CO)c1. The van der Waals surface area contributed by atoms with Gasteiger partial charge in [-0.25, -0.2) is 0 Å². The number of allylic oxidation sites excluding steroid dienone is 1. The minimum atomic E-state index is -0.742. The monoisotopic (exact) mass is 196 g/mol. The van der Waals surface area contributed by atoms with Gasteiger partial charge in [0.25, 0.3) is 0 Å². The zero-order valence-corrected chi connectivity index (χ0v) is 8.56. The van der Waals surface area contributed by atoms with Gasteiger partial charge in [0.1, 0.15) is 5.54 Å². The Hall–Kier alpha value is -1.13. The van der Waals surface area contributed by atoms with E-state index in [2.05, 4.69) is 11.7 Å². The summed E-state index contributed by atoms with van der Waals surface area (Å²) in [6.07, 6.45) is 3.45. The third kappa shape index (κ3) is 1.86. The van der Waals surface area contributed by atoms with Crippen LogP contribution in [0.5, 0.6) is 0 Å². The molecule has 0 aliphatic carbocycles. The largest absolute Gasteiger partial charge is 0.394 e. The van der Waals surface area contributed by atoms with Crippen LogP contribution >= 0.6 is 0 Å². The predicted octanol–water partition coefficient (Wildman–Crippen LogP) is 0.616. The van der Waals surface area contributed by atoms with Crippen molar-refractivity contribution in [3.63, 3.8) is 0 Å². The van der Waals surface area contributed by atoms with Crippen molar-refractivity contribution >= 4 is 5.57 Å². The van der Waals surface area contributed by atoms with Crippen LogP contribution in [0.2, 0.25) is 0 Å². The lowest BCUT2D eigenvalue weighted by molar-refractivity contribution is 0.0681. The Kier molecular flexibility index (Phi) is 3.08. The predicted molar refractivity (Wildman–Crippen MR) is 54.8 cm³/mol. The lowest BCUT2D eigenvalue weighted by Crippen LogP contribution is -2.38. The summed E-state index contributed by atoms with van der Waals surface area (Å²) in [6.45, 7) is 7.11. The first-order valence-electron chi connectivity index (χ1n) is 4.46. The molecular weight excluding hydrogens is 180 g/mol. The van der Waals surface area contributed by atoms with E-state index >= 15 is 0 Å². The molecule has 4 heteroatoms. The third-order valence-corrected chi connectivity index (χ3v) is 2.31. The van der Waals surface area contributed by atoms with Crippen molar-refractivity contribution in [1.82, 2.24) is 9.78 Å². The van der Waals surface area contributed by atoms with Gasteiger partial charge >= 0.3 is 0 Å². The van der Waals surface area contributed by atoms with E-state index in [1.54, 1.807) is 24.0 Å². The van der Waals surface area contributed by atoms with Gasteiger partial charge in [-0.3, -0.25) is 4.68 Å². The van der Waals surface area contributed by atoms with Gasteiger partial charge in [0.2, 0.25) is 0 Å². The van der Waals surface area contributed by atoms with Gasteiger partial charge in [0, 0.05) is 11.8 Å². The summed E-state index contributed by atoms with van der Waals surface area (Å²) >= 11 is 0. The number of aliphatic hydroxyl groups is 2. The number of nitrogens with zero attached hydrogens (tertiary/aromatic N) is 2. The lowest BCUT2D eigenvalue weighted by Gasteiger charge is -2.25. The summed E-state index contributed by atoms with van der Waals surface area (Å²) in [5.74, 6) is 0. The lowest BCUT2D eigenvalue weighted by atomic mass is 10.1. The summed E-state index contributed by atoms with van der Waals surface area (Å²) in [4.78, 5) is 0. The number of hydrogen-bond acceptors (Lipinski definition) is 3. The first-order chi connectivity index (χ1) is 6.53. The molecule has 0 fully saturated rings. The molecule has 0 saturated carbocycles. The van der Waals surface area contributed by atoms with E-state index in [-0.39, 0.29) is 13.2 Å². The van der Waals surface area contributed by atoms with Crippen LogP contribution < -0.4 is 0 Å². The molecule has 0 amide bonds. The molecule has 1 heterocycles. The second-order valence-corrected chi connectivity index (χ2v) is 3.77. The molecule has 0 bridgehead atoms. The van der Waals surface area contributed by atoms with Crippen LogP contribution in [-0.2, 0) is 5.54 Å². The molecule has 0 saturated heterocycles. The number of aliphatic hydroxyl groups excluding tert-OH is 2. The summed E-state index contributed by atoms with van der Waals surface area (Å²) < 4.78 is 1.57. The van der Waals surface area contributed by atoms with E-state index in [9.17, 15) is 0 Å². The molecule has 0 aliphatic heterocycles. The van der Waals surface area contributed by atoms with E-state index in [1.165, 1.54) is 0 Å². The van der Waals surface area contributed by atoms with Gasteiger partial charge in [-0.2, -0.15) is 5.10 Å². The maximum absolute atomic E-state index is 9.14. The second-order valence-electron chi connectivity index (χ2n) is 3.77. The quantitative estimate of drug-likeness (QED) is 0.742. The van der Waals surface area contributed by atoms with E-state index in [4.69, 9.17) is 10.2 Å². The van der Waals surface area contributed by atoms with Crippen LogP contribution in [0.3, 0.4) is 0 Å². The Morgan fingerprint density at radius 2 is 2.14 bits per heavy atom. The highest BCUT2D eigenvalue weighted by atomic mass is 16.3. The maximum Gasteiger partial charge on any atom is 0.106 e. The highest BCUT2D eigenvalue weighted by molar-refractivity contribution is 5.59. The molecule has 0 atom stereocenters. The normalized spacial score (nSPS) is 11.7. The van der Waals surface area contributed by atoms with Crippen molar-refractivity contribution in [1.29, 1.82) is 0 Å². The highest BCUT2D eigenvalue weighted by Crippen LogP contribution is 2.17.